The van der Waals surface area contributed by atoms with Gasteiger partial charge in [0.25, 0.3) is 5.91 Å². The lowest BCUT2D eigenvalue weighted by molar-refractivity contribution is 0.0995. The Hall–Kier alpha value is -3.02. The lowest BCUT2D eigenvalue weighted by Gasteiger charge is -2.09. The van der Waals surface area contributed by atoms with Gasteiger partial charge in [-0.3, -0.25) is 4.79 Å². The number of hydrogen-bond donors (Lipinski definition) is 1. The van der Waals surface area contributed by atoms with Crippen LogP contribution < -0.4 is 10.5 Å². The molecule has 3 aromatic rings. The number of fused-ring (bicyclic) bond motifs is 1. The second-order valence-electron chi connectivity index (χ2n) is 4.36. The molecule has 2 aromatic heterocycles. The molecule has 6 heteroatoms. The largest absolute Gasteiger partial charge is 0.493 e. The monoisotopic (exact) mass is 280 g/mol. The Morgan fingerprint density at radius 2 is 1.86 bits per heavy atom. The highest BCUT2D eigenvalue weighted by molar-refractivity contribution is 5.96. The summed E-state index contributed by atoms with van der Waals surface area (Å²) in [6.07, 6.45) is 2.91. The first-order chi connectivity index (χ1) is 10.2. The molecule has 0 unspecified atom stereocenters. The highest BCUT2D eigenvalue weighted by Crippen LogP contribution is 2.29. The summed E-state index contributed by atoms with van der Waals surface area (Å²) in [6.45, 7) is 0. The average Bonchev–Trinajstić information content (AvgIpc) is 2.54. The van der Waals surface area contributed by atoms with E-state index in [1.54, 1.807) is 6.20 Å². The number of rotatable bonds is 3. The molecule has 0 radical (unpaired) electrons. The first-order valence-electron chi connectivity index (χ1n) is 6.25. The van der Waals surface area contributed by atoms with Gasteiger partial charge in [-0.05, 0) is 0 Å². The highest BCUT2D eigenvalue weighted by atomic mass is 16.5. The van der Waals surface area contributed by atoms with Crippen LogP contribution in [0.15, 0.2) is 42.7 Å². The van der Waals surface area contributed by atoms with Crippen molar-refractivity contribution in [2.45, 2.75) is 0 Å². The molecule has 0 saturated carbocycles. The Labute approximate surface area is 120 Å². The molecule has 0 aliphatic carbocycles. The molecular weight excluding hydrogens is 268 g/mol. The normalized spacial score (nSPS) is 10.5. The lowest BCUT2D eigenvalue weighted by Crippen LogP contribution is -2.13. The number of benzene rings is 1. The molecule has 0 bridgehead atoms. The van der Waals surface area contributed by atoms with Gasteiger partial charge in [0.2, 0.25) is 0 Å². The number of ether oxygens (including phenoxy) is 1. The molecular formula is C15H12N4O2. The van der Waals surface area contributed by atoms with E-state index < -0.39 is 5.91 Å². The summed E-state index contributed by atoms with van der Waals surface area (Å²) < 4.78 is 5.24. The number of carbonyl (C=O) groups is 1. The van der Waals surface area contributed by atoms with Crippen molar-refractivity contribution in [2.24, 2.45) is 5.73 Å². The molecule has 0 atom stereocenters. The SMILES string of the molecule is COc1cnc(-c2ccccc2)c2ncc(C(N)=O)nc12. The van der Waals surface area contributed by atoms with Gasteiger partial charge in [-0.2, -0.15) is 0 Å². The van der Waals surface area contributed by atoms with E-state index in [0.717, 1.165) is 5.56 Å². The average molecular weight is 280 g/mol. The molecule has 21 heavy (non-hydrogen) atoms. The highest BCUT2D eigenvalue weighted by Gasteiger charge is 2.14. The molecule has 0 aliphatic rings. The first kappa shape index (κ1) is 13.0. The van der Waals surface area contributed by atoms with E-state index in [2.05, 4.69) is 15.0 Å². The van der Waals surface area contributed by atoms with Gasteiger partial charge in [-0.15, -0.1) is 0 Å². The van der Waals surface area contributed by atoms with E-state index in [1.165, 1.54) is 13.3 Å². The van der Waals surface area contributed by atoms with Gasteiger partial charge in [0.15, 0.2) is 5.75 Å². The van der Waals surface area contributed by atoms with Crippen molar-refractivity contribution in [1.82, 2.24) is 15.0 Å². The van der Waals surface area contributed by atoms with Gasteiger partial charge in [0.1, 0.15) is 16.7 Å². The van der Waals surface area contributed by atoms with Crippen molar-refractivity contribution in [2.75, 3.05) is 7.11 Å². The Bertz CT molecular complexity index is 819. The summed E-state index contributed by atoms with van der Waals surface area (Å²) in [4.78, 5) is 24.2. The number of carbonyl (C=O) groups excluding carboxylic acids is 1. The molecule has 0 aliphatic heterocycles. The second kappa shape index (κ2) is 5.16. The van der Waals surface area contributed by atoms with Crippen LogP contribution in [0.2, 0.25) is 0 Å². The van der Waals surface area contributed by atoms with E-state index in [9.17, 15) is 4.79 Å². The molecule has 104 valence electrons. The van der Waals surface area contributed by atoms with Gasteiger partial charge < -0.3 is 10.5 Å². The molecule has 6 nitrogen and oxygen atoms in total. The standard InChI is InChI=1S/C15H12N4O2/c1-21-11-8-18-12(9-5-3-2-4-6-9)14-13(11)19-10(7-17-14)15(16)20/h2-8H,1H3,(H2,16,20). The fourth-order valence-corrected chi connectivity index (χ4v) is 2.06. The van der Waals surface area contributed by atoms with Crippen LogP contribution in [0.3, 0.4) is 0 Å². The number of nitrogens with zero attached hydrogens (tertiary/aromatic N) is 3. The third-order valence-corrected chi connectivity index (χ3v) is 3.06. The zero-order valence-corrected chi connectivity index (χ0v) is 11.3. The van der Waals surface area contributed by atoms with Crippen molar-refractivity contribution in [3.63, 3.8) is 0 Å². The van der Waals surface area contributed by atoms with Gasteiger partial charge in [-0.1, -0.05) is 30.3 Å². The van der Waals surface area contributed by atoms with E-state index in [0.29, 0.717) is 22.5 Å². The van der Waals surface area contributed by atoms with Crippen molar-refractivity contribution in [1.29, 1.82) is 0 Å². The van der Waals surface area contributed by atoms with Crippen LogP contribution in [-0.2, 0) is 0 Å². The van der Waals surface area contributed by atoms with E-state index in [1.807, 2.05) is 30.3 Å². The summed E-state index contributed by atoms with van der Waals surface area (Å²) in [5.41, 5.74) is 7.94. The number of pyridine rings is 1. The molecule has 1 aromatic carbocycles. The molecule has 1 amide bonds. The predicted octanol–water partition coefficient (Wildman–Crippen LogP) is 1.80. The number of methoxy groups -OCH3 is 1. The fourth-order valence-electron chi connectivity index (χ4n) is 2.06. The number of hydrogen-bond acceptors (Lipinski definition) is 5. The van der Waals surface area contributed by atoms with Crippen LogP contribution in [0.5, 0.6) is 5.75 Å². The maximum absolute atomic E-state index is 11.3. The second-order valence-corrected chi connectivity index (χ2v) is 4.36. The van der Waals surface area contributed by atoms with Crippen molar-refractivity contribution >= 4 is 16.9 Å². The summed E-state index contributed by atoms with van der Waals surface area (Å²) >= 11 is 0. The Morgan fingerprint density at radius 3 is 2.52 bits per heavy atom. The summed E-state index contributed by atoms with van der Waals surface area (Å²) in [5, 5.41) is 0. The van der Waals surface area contributed by atoms with Crippen LogP contribution in [0, 0.1) is 0 Å². The van der Waals surface area contributed by atoms with Gasteiger partial charge >= 0.3 is 0 Å². The molecule has 3 rings (SSSR count). The van der Waals surface area contributed by atoms with Crippen LogP contribution >= 0.6 is 0 Å². The van der Waals surface area contributed by atoms with Gasteiger partial charge in [0.05, 0.1) is 25.2 Å². The van der Waals surface area contributed by atoms with Crippen LogP contribution in [0.4, 0.5) is 0 Å². The fraction of sp³-hybridized carbons (Fsp3) is 0.0667. The minimum absolute atomic E-state index is 0.0889. The van der Waals surface area contributed by atoms with E-state index in [-0.39, 0.29) is 5.69 Å². The van der Waals surface area contributed by atoms with Gasteiger partial charge in [0, 0.05) is 5.56 Å². The summed E-state index contributed by atoms with van der Waals surface area (Å²) in [6, 6.07) is 9.61. The quantitative estimate of drug-likeness (QED) is 0.790. The zero-order chi connectivity index (χ0) is 14.8. The Kier molecular flexibility index (Phi) is 3.19. The Balaban J connectivity index is 2.31. The third-order valence-electron chi connectivity index (χ3n) is 3.06. The number of nitrogens with two attached hydrogens (primary N) is 1. The van der Waals surface area contributed by atoms with Crippen LogP contribution in [0.25, 0.3) is 22.3 Å². The predicted molar refractivity (Wildman–Crippen MR) is 77.8 cm³/mol. The first-order valence-corrected chi connectivity index (χ1v) is 6.25. The van der Waals surface area contributed by atoms with Crippen LogP contribution in [0.1, 0.15) is 10.5 Å². The molecule has 0 spiro atoms. The van der Waals surface area contributed by atoms with E-state index in [4.69, 9.17) is 10.5 Å². The van der Waals surface area contributed by atoms with Gasteiger partial charge in [-0.25, -0.2) is 15.0 Å². The number of amides is 1. The topological polar surface area (TPSA) is 91.0 Å². The summed E-state index contributed by atoms with van der Waals surface area (Å²) in [7, 11) is 1.51. The minimum atomic E-state index is -0.635. The lowest BCUT2D eigenvalue weighted by atomic mass is 10.1. The maximum Gasteiger partial charge on any atom is 0.268 e. The number of primary amides is 1. The minimum Gasteiger partial charge on any atom is -0.493 e. The van der Waals surface area contributed by atoms with Crippen molar-refractivity contribution < 1.29 is 9.53 Å². The molecule has 0 fully saturated rings. The summed E-state index contributed by atoms with van der Waals surface area (Å²) in [5.74, 6) is -0.190. The van der Waals surface area contributed by atoms with E-state index >= 15 is 0 Å². The maximum atomic E-state index is 11.3. The van der Waals surface area contributed by atoms with Crippen molar-refractivity contribution in [3.8, 4) is 17.0 Å². The zero-order valence-electron chi connectivity index (χ0n) is 11.3. The number of aromatic nitrogens is 3. The smallest absolute Gasteiger partial charge is 0.268 e. The van der Waals surface area contributed by atoms with Crippen LogP contribution in [-0.4, -0.2) is 28.0 Å². The molecule has 2 heterocycles. The Morgan fingerprint density at radius 1 is 1.10 bits per heavy atom. The molecule has 2 N–H and O–H groups in total. The van der Waals surface area contributed by atoms with Crippen molar-refractivity contribution in [3.05, 3.63) is 48.4 Å². The third kappa shape index (κ3) is 2.27. The molecule has 0 saturated heterocycles.